The summed E-state index contributed by atoms with van der Waals surface area (Å²) in [4.78, 5) is 23.1. The number of rotatable bonds is 5. The minimum absolute atomic E-state index is 0.243. The van der Waals surface area contributed by atoms with Crippen molar-refractivity contribution in [1.29, 1.82) is 0 Å². The first kappa shape index (κ1) is 17.1. The number of carbonyl (C=O) groups excluding carboxylic acids is 2. The lowest BCUT2D eigenvalue weighted by Crippen LogP contribution is -2.28. The number of aromatic nitrogens is 4. The Hall–Kier alpha value is -3.75. The van der Waals surface area contributed by atoms with Gasteiger partial charge in [0.1, 0.15) is 0 Å². The highest BCUT2D eigenvalue weighted by atomic mass is 16.2. The molecular weight excluding hydrogens is 334 g/mol. The van der Waals surface area contributed by atoms with Crippen molar-refractivity contribution in [3.05, 3.63) is 59.7 Å². The van der Waals surface area contributed by atoms with Gasteiger partial charge in [-0.2, -0.15) is 0 Å². The Morgan fingerprint density at radius 3 is 2.58 bits per heavy atom. The largest absolute Gasteiger partial charge is 0.352 e. The quantitative estimate of drug-likeness (QED) is 0.638. The molecule has 0 saturated heterocycles. The van der Waals surface area contributed by atoms with Crippen molar-refractivity contribution >= 4 is 17.6 Å². The van der Waals surface area contributed by atoms with Gasteiger partial charge in [-0.3, -0.25) is 4.79 Å². The maximum Gasteiger partial charge on any atom is 0.312 e. The molecule has 9 nitrogen and oxygen atoms in total. The van der Waals surface area contributed by atoms with Gasteiger partial charge in [0, 0.05) is 30.4 Å². The minimum Gasteiger partial charge on any atom is -0.352 e. The molecule has 0 radical (unpaired) electrons. The van der Waals surface area contributed by atoms with E-state index in [0.29, 0.717) is 23.6 Å². The minimum atomic E-state index is -0.593. The second kappa shape index (κ2) is 7.43. The average Bonchev–Trinajstić information content (AvgIpc) is 3.06. The van der Waals surface area contributed by atoms with Crippen LogP contribution in [0.15, 0.2) is 48.5 Å². The third kappa shape index (κ3) is 4.01. The number of carbonyl (C=O) groups is 2. The number of primary amides is 1. The standard InChI is InChI=1S/C17H17N7O2/c1-24-15(21-22-23-24)13-3-2-4-14(9-13)20-16(25)12-7-5-11(6-8-12)10-19-17(18)26/h2-9H,10H2,1H3,(H,20,25)(H3,18,19,26). The van der Waals surface area contributed by atoms with Crippen molar-refractivity contribution in [3.63, 3.8) is 0 Å². The zero-order valence-corrected chi connectivity index (χ0v) is 14.0. The lowest BCUT2D eigenvalue weighted by molar-refractivity contribution is 0.102. The number of hydrogen-bond acceptors (Lipinski definition) is 5. The molecular formula is C17H17N7O2. The Balaban J connectivity index is 1.70. The molecule has 4 N–H and O–H groups in total. The highest BCUT2D eigenvalue weighted by Gasteiger charge is 2.09. The summed E-state index contributed by atoms with van der Waals surface area (Å²) in [7, 11) is 1.75. The van der Waals surface area contributed by atoms with Crippen molar-refractivity contribution < 1.29 is 9.59 Å². The highest BCUT2D eigenvalue weighted by molar-refractivity contribution is 6.04. The number of urea groups is 1. The van der Waals surface area contributed by atoms with Gasteiger partial charge in [0.25, 0.3) is 5.91 Å². The van der Waals surface area contributed by atoms with Crippen molar-refractivity contribution in [2.45, 2.75) is 6.54 Å². The molecule has 3 rings (SSSR count). The molecule has 3 aromatic rings. The first-order valence-corrected chi connectivity index (χ1v) is 7.79. The number of tetrazole rings is 1. The summed E-state index contributed by atoms with van der Waals surface area (Å²) in [5.41, 5.74) is 7.81. The first-order valence-electron chi connectivity index (χ1n) is 7.79. The third-order valence-corrected chi connectivity index (χ3v) is 3.68. The summed E-state index contributed by atoms with van der Waals surface area (Å²) < 4.78 is 1.56. The van der Waals surface area contributed by atoms with Gasteiger partial charge in [-0.25, -0.2) is 9.48 Å². The van der Waals surface area contributed by atoms with Gasteiger partial charge in [0.2, 0.25) is 0 Å². The fourth-order valence-electron chi connectivity index (χ4n) is 2.38. The number of aryl methyl sites for hydroxylation is 1. The summed E-state index contributed by atoms with van der Waals surface area (Å²) >= 11 is 0. The van der Waals surface area contributed by atoms with Gasteiger partial charge >= 0.3 is 6.03 Å². The molecule has 0 aliphatic carbocycles. The second-order valence-electron chi connectivity index (χ2n) is 5.58. The Labute approximate surface area is 149 Å². The van der Waals surface area contributed by atoms with E-state index >= 15 is 0 Å². The highest BCUT2D eigenvalue weighted by Crippen LogP contribution is 2.20. The molecule has 1 heterocycles. The van der Waals surface area contributed by atoms with Crippen LogP contribution in [0, 0.1) is 0 Å². The van der Waals surface area contributed by atoms with E-state index < -0.39 is 6.03 Å². The van der Waals surface area contributed by atoms with E-state index in [2.05, 4.69) is 26.2 Å². The topological polar surface area (TPSA) is 128 Å². The Morgan fingerprint density at radius 2 is 1.92 bits per heavy atom. The summed E-state index contributed by atoms with van der Waals surface area (Å²) in [6, 6.07) is 13.6. The summed E-state index contributed by atoms with van der Waals surface area (Å²) in [6.07, 6.45) is 0. The average molecular weight is 351 g/mol. The van der Waals surface area contributed by atoms with Crippen LogP contribution in [0.5, 0.6) is 0 Å². The number of benzene rings is 2. The molecule has 0 saturated carbocycles. The zero-order chi connectivity index (χ0) is 18.5. The number of anilines is 1. The molecule has 1 aromatic heterocycles. The fourth-order valence-corrected chi connectivity index (χ4v) is 2.38. The van der Waals surface area contributed by atoms with Crippen LogP contribution in [0.1, 0.15) is 15.9 Å². The first-order chi connectivity index (χ1) is 12.5. The van der Waals surface area contributed by atoms with Crippen molar-refractivity contribution in [2.75, 3.05) is 5.32 Å². The summed E-state index contributed by atoms with van der Waals surface area (Å²) in [5, 5.41) is 16.7. The number of amides is 3. The molecule has 0 fully saturated rings. The van der Waals surface area contributed by atoms with Gasteiger partial charge in [-0.05, 0) is 40.3 Å². The van der Waals surface area contributed by atoms with Crippen LogP contribution in [0.2, 0.25) is 0 Å². The van der Waals surface area contributed by atoms with Crippen molar-refractivity contribution in [1.82, 2.24) is 25.5 Å². The molecule has 0 bridgehead atoms. The Kier molecular flexibility index (Phi) is 4.88. The van der Waals surface area contributed by atoms with Gasteiger partial charge < -0.3 is 16.4 Å². The Bertz CT molecular complexity index is 934. The normalized spacial score (nSPS) is 10.3. The molecule has 0 unspecified atom stereocenters. The maximum atomic E-state index is 12.4. The molecule has 2 aromatic carbocycles. The number of hydrogen-bond donors (Lipinski definition) is 3. The third-order valence-electron chi connectivity index (χ3n) is 3.68. The van der Waals surface area contributed by atoms with Gasteiger partial charge in [0.05, 0.1) is 0 Å². The molecule has 0 aliphatic heterocycles. The maximum absolute atomic E-state index is 12.4. The molecule has 0 atom stereocenters. The van der Waals surface area contributed by atoms with Crippen LogP contribution in [0.3, 0.4) is 0 Å². The predicted molar refractivity (Wildman–Crippen MR) is 95.1 cm³/mol. The number of nitrogens with zero attached hydrogens (tertiary/aromatic N) is 4. The fraction of sp³-hybridized carbons (Fsp3) is 0.118. The monoisotopic (exact) mass is 351 g/mol. The zero-order valence-electron chi connectivity index (χ0n) is 14.0. The van der Waals surface area contributed by atoms with E-state index in [-0.39, 0.29) is 5.91 Å². The smallest absolute Gasteiger partial charge is 0.312 e. The van der Waals surface area contributed by atoms with E-state index in [4.69, 9.17) is 5.73 Å². The van der Waals surface area contributed by atoms with E-state index in [9.17, 15) is 9.59 Å². The van der Waals surface area contributed by atoms with Crippen LogP contribution in [-0.2, 0) is 13.6 Å². The lowest BCUT2D eigenvalue weighted by atomic mass is 10.1. The van der Waals surface area contributed by atoms with E-state index in [0.717, 1.165) is 11.1 Å². The Morgan fingerprint density at radius 1 is 1.15 bits per heavy atom. The molecule has 26 heavy (non-hydrogen) atoms. The molecule has 132 valence electrons. The van der Waals surface area contributed by atoms with Crippen LogP contribution >= 0.6 is 0 Å². The van der Waals surface area contributed by atoms with Crippen LogP contribution in [-0.4, -0.2) is 32.1 Å². The van der Waals surface area contributed by atoms with Crippen LogP contribution in [0.4, 0.5) is 10.5 Å². The van der Waals surface area contributed by atoms with Crippen LogP contribution in [0.25, 0.3) is 11.4 Å². The SMILES string of the molecule is Cn1nnnc1-c1cccc(NC(=O)c2ccc(CNC(N)=O)cc2)c1. The molecule has 0 aliphatic rings. The number of nitrogens with one attached hydrogen (secondary N) is 2. The van der Waals surface area contributed by atoms with E-state index in [1.165, 1.54) is 0 Å². The predicted octanol–water partition coefficient (Wildman–Crippen LogP) is 1.30. The second-order valence-corrected chi connectivity index (χ2v) is 5.58. The van der Waals surface area contributed by atoms with Gasteiger partial charge in [-0.1, -0.05) is 24.3 Å². The molecule has 3 amide bonds. The van der Waals surface area contributed by atoms with E-state index in [1.807, 2.05) is 12.1 Å². The van der Waals surface area contributed by atoms with Gasteiger partial charge in [0.15, 0.2) is 5.82 Å². The van der Waals surface area contributed by atoms with Crippen molar-refractivity contribution in [2.24, 2.45) is 12.8 Å². The molecule has 9 heteroatoms. The summed E-state index contributed by atoms with van der Waals surface area (Å²) in [5.74, 6) is 0.361. The lowest BCUT2D eigenvalue weighted by Gasteiger charge is -2.08. The number of nitrogens with two attached hydrogens (primary N) is 1. The van der Waals surface area contributed by atoms with Gasteiger partial charge in [-0.15, -0.1) is 5.10 Å². The van der Waals surface area contributed by atoms with Crippen LogP contribution < -0.4 is 16.4 Å². The molecule has 0 spiro atoms. The van der Waals surface area contributed by atoms with E-state index in [1.54, 1.807) is 48.1 Å². The summed E-state index contributed by atoms with van der Waals surface area (Å²) in [6.45, 7) is 0.311. The van der Waals surface area contributed by atoms with Crippen molar-refractivity contribution in [3.8, 4) is 11.4 Å².